The van der Waals surface area contributed by atoms with E-state index in [0.29, 0.717) is 17.7 Å². The SMILES string of the molecule is CCC(=O)c1ccc(F)cc1N(C(=O)C1CCCCC1)C(C)C. The molecule has 1 aromatic rings. The van der Waals surface area contributed by atoms with Crippen LogP contribution in [0.25, 0.3) is 0 Å². The molecule has 4 heteroatoms. The van der Waals surface area contributed by atoms with Crippen LogP contribution in [0.4, 0.5) is 10.1 Å². The molecule has 1 aliphatic carbocycles. The third-order valence-corrected chi connectivity index (χ3v) is 4.55. The normalized spacial score (nSPS) is 15.7. The van der Waals surface area contributed by atoms with Crippen LogP contribution in [0.15, 0.2) is 18.2 Å². The number of halogens is 1. The maximum atomic E-state index is 13.8. The smallest absolute Gasteiger partial charge is 0.230 e. The molecule has 0 heterocycles. The molecule has 1 saturated carbocycles. The lowest BCUT2D eigenvalue weighted by atomic mass is 9.87. The van der Waals surface area contributed by atoms with Crippen molar-refractivity contribution in [3.8, 4) is 0 Å². The molecule has 1 aromatic carbocycles. The molecule has 1 amide bonds. The Bertz CT molecular complexity index is 577. The molecule has 0 N–H and O–H groups in total. The highest BCUT2D eigenvalue weighted by Crippen LogP contribution is 2.31. The van der Waals surface area contributed by atoms with Crippen LogP contribution in [-0.4, -0.2) is 17.7 Å². The van der Waals surface area contributed by atoms with Gasteiger partial charge in [0, 0.05) is 23.9 Å². The van der Waals surface area contributed by atoms with Gasteiger partial charge in [-0.3, -0.25) is 9.59 Å². The molecular formula is C19H26FNO2. The quantitative estimate of drug-likeness (QED) is 0.735. The fourth-order valence-corrected chi connectivity index (χ4v) is 3.33. The number of rotatable bonds is 5. The summed E-state index contributed by atoms with van der Waals surface area (Å²) in [6.07, 6.45) is 5.40. The van der Waals surface area contributed by atoms with Crippen LogP contribution in [0.5, 0.6) is 0 Å². The van der Waals surface area contributed by atoms with Crippen molar-refractivity contribution in [2.75, 3.05) is 4.90 Å². The summed E-state index contributed by atoms with van der Waals surface area (Å²) in [6, 6.07) is 3.99. The lowest BCUT2D eigenvalue weighted by molar-refractivity contribution is -0.123. The summed E-state index contributed by atoms with van der Waals surface area (Å²) in [5.41, 5.74) is 0.856. The van der Waals surface area contributed by atoms with Crippen molar-refractivity contribution in [3.05, 3.63) is 29.6 Å². The van der Waals surface area contributed by atoms with Gasteiger partial charge in [-0.2, -0.15) is 0 Å². The maximum Gasteiger partial charge on any atom is 0.230 e. The van der Waals surface area contributed by atoms with Crippen molar-refractivity contribution >= 4 is 17.4 Å². The number of Topliss-reactive ketones (excluding diaryl/α,β-unsaturated/α-hetero) is 1. The van der Waals surface area contributed by atoms with E-state index < -0.39 is 5.82 Å². The summed E-state index contributed by atoms with van der Waals surface area (Å²) < 4.78 is 13.8. The second kappa shape index (κ2) is 7.71. The van der Waals surface area contributed by atoms with Gasteiger partial charge in [0.2, 0.25) is 5.91 Å². The van der Waals surface area contributed by atoms with Crippen molar-refractivity contribution in [2.45, 2.75) is 65.3 Å². The van der Waals surface area contributed by atoms with E-state index in [2.05, 4.69) is 0 Å². The lowest BCUT2D eigenvalue weighted by Gasteiger charge is -2.33. The van der Waals surface area contributed by atoms with Gasteiger partial charge in [0.05, 0.1) is 5.69 Å². The maximum absolute atomic E-state index is 13.8. The van der Waals surface area contributed by atoms with Crippen LogP contribution in [0.3, 0.4) is 0 Å². The van der Waals surface area contributed by atoms with E-state index in [9.17, 15) is 14.0 Å². The van der Waals surface area contributed by atoms with Crippen LogP contribution in [0, 0.1) is 11.7 Å². The van der Waals surface area contributed by atoms with E-state index in [-0.39, 0.29) is 23.7 Å². The number of hydrogen-bond acceptors (Lipinski definition) is 2. The second-order valence-corrected chi connectivity index (χ2v) is 6.58. The first kappa shape index (κ1) is 17.6. The van der Waals surface area contributed by atoms with E-state index in [4.69, 9.17) is 0 Å². The minimum absolute atomic E-state index is 0.0148. The van der Waals surface area contributed by atoms with Gasteiger partial charge in [-0.15, -0.1) is 0 Å². The predicted molar refractivity (Wildman–Crippen MR) is 90.2 cm³/mol. The van der Waals surface area contributed by atoms with Gasteiger partial charge in [-0.05, 0) is 44.9 Å². The Balaban J connectivity index is 2.42. The third-order valence-electron chi connectivity index (χ3n) is 4.55. The number of carbonyl (C=O) groups excluding carboxylic acids is 2. The molecule has 126 valence electrons. The van der Waals surface area contributed by atoms with Gasteiger partial charge in [-0.25, -0.2) is 4.39 Å². The molecule has 0 aliphatic heterocycles. The Morgan fingerprint density at radius 3 is 2.43 bits per heavy atom. The number of amides is 1. The minimum atomic E-state index is -0.422. The molecule has 0 spiro atoms. The Morgan fingerprint density at radius 2 is 1.87 bits per heavy atom. The second-order valence-electron chi connectivity index (χ2n) is 6.58. The van der Waals surface area contributed by atoms with Crippen molar-refractivity contribution in [1.29, 1.82) is 0 Å². The van der Waals surface area contributed by atoms with Gasteiger partial charge in [0.1, 0.15) is 5.82 Å². The summed E-state index contributed by atoms with van der Waals surface area (Å²) in [5, 5.41) is 0. The zero-order chi connectivity index (χ0) is 17.0. The summed E-state index contributed by atoms with van der Waals surface area (Å²) in [5.74, 6) is -0.480. The summed E-state index contributed by atoms with van der Waals surface area (Å²) in [4.78, 5) is 26.8. The molecule has 23 heavy (non-hydrogen) atoms. The molecule has 0 saturated heterocycles. The molecule has 0 aromatic heterocycles. The van der Waals surface area contributed by atoms with Crippen LogP contribution in [0.2, 0.25) is 0 Å². The standard InChI is InChI=1S/C19H26FNO2/c1-4-18(22)16-11-10-15(20)12-17(16)21(13(2)3)19(23)14-8-6-5-7-9-14/h10-14H,4-9H2,1-3H3. The molecule has 0 unspecified atom stereocenters. The fourth-order valence-electron chi connectivity index (χ4n) is 3.33. The highest BCUT2D eigenvalue weighted by molar-refractivity contribution is 6.06. The third kappa shape index (κ3) is 3.98. The molecule has 1 fully saturated rings. The number of carbonyl (C=O) groups is 2. The van der Waals surface area contributed by atoms with Gasteiger partial charge in [-0.1, -0.05) is 26.2 Å². The molecular weight excluding hydrogens is 293 g/mol. The highest BCUT2D eigenvalue weighted by Gasteiger charge is 2.30. The van der Waals surface area contributed by atoms with Crippen LogP contribution in [-0.2, 0) is 4.79 Å². The van der Waals surface area contributed by atoms with Crippen LogP contribution in [0.1, 0.15) is 69.7 Å². The predicted octanol–water partition coefficient (Wildman–Crippen LogP) is 4.74. The van der Waals surface area contributed by atoms with Crippen LogP contribution < -0.4 is 4.90 Å². The number of hydrogen-bond donors (Lipinski definition) is 0. The zero-order valence-corrected chi connectivity index (χ0v) is 14.3. The topological polar surface area (TPSA) is 37.4 Å². The van der Waals surface area contributed by atoms with E-state index in [0.717, 1.165) is 25.7 Å². The van der Waals surface area contributed by atoms with Gasteiger partial charge in [0.15, 0.2) is 5.78 Å². The Kier molecular flexibility index (Phi) is 5.91. The first-order chi connectivity index (χ1) is 11.0. The summed E-state index contributed by atoms with van der Waals surface area (Å²) in [6.45, 7) is 5.59. The largest absolute Gasteiger partial charge is 0.309 e. The van der Waals surface area contributed by atoms with Crippen molar-refractivity contribution in [1.82, 2.24) is 0 Å². The number of benzene rings is 1. The number of nitrogens with zero attached hydrogens (tertiary/aromatic N) is 1. The minimum Gasteiger partial charge on any atom is -0.309 e. The molecule has 3 nitrogen and oxygen atoms in total. The highest BCUT2D eigenvalue weighted by atomic mass is 19.1. The number of anilines is 1. The van der Waals surface area contributed by atoms with Crippen molar-refractivity contribution < 1.29 is 14.0 Å². The van der Waals surface area contributed by atoms with Crippen molar-refractivity contribution in [2.24, 2.45) is 5.92 Å². The monoisotopic (exact) mass is 319 g/mol. The summed E-state index contributed by atoms with van der Waals surface area (Å²) in [7, 11) is 0. The lowest BCUT2D eigenvalue weighted by Crippen LogP contribution is -2.42. The number of ketones is 1. The Labute approximate surface area is 137 Å². The molecule has 0 radical (unpaired) electrons. The molecule has 0 bridgehead atoms. The first-order valence-electron chi connectivity index (χ1n) is 8.61. The fraction of sp³-hybridized carbons (Fsp3) is 0.579. The zero-order valence-electron chi connectivity index (χ0n) is 14.3. The summed E-state index contributed by atoms with van der Waals surface area (Å²) >= 11 is 0. The van der Waals surface area contributed by atoms with E-state index in [1.54, 1.807) is 11.8 Å². The Morgan fingerprint density at radius 1 is 1.22 bits per heavy atom. The Hall–Kier alpha value is -1.71. The van der Waals surface area contributed by atoms with Crippen LogP contribution >= 0.6 is 0 Å². The molecule has 1 aliphatic rings. The first-order valence-corrected chi connectivity index (χ1v) is 8.61. The van der Waals surface area contributed by atoms with Crippen molar-refractivity contribution in [3.63, 3.8) is 0 Å². The average Bonchev–Trinajstić information content (AvgIpc) is 2.55. The van der Waals surface area contributed by atoms with Gasteiger partial charge in [0.25, 0.3) is 0 Å². The average molecular weight is 319 g/mol. The van der Waals surface area contributed by atoms with Gasteiger partial charge < -0.3 is 4.90 Å². The van der Waals surface area contributed by atoms with E-state index in [1.165, 1.54) is 24.6 Å². The molecule has 0 atom stereocenters. The van der Waals surface area contributed by atoms with E-state index >= 15 is 0 Å². The molecule has 2 rings (SSSR count). The van der Waals surface area contributed by atoms with Gasteiger partial charge >= 0.3 is 0 Å². The van der Waals surface area contributed by atoms with E-state index in [1.807, 2.05) is 13.8 Å².